The van der Waals surface area contributed by atoms with Gasteiger partial charge in [0.25, 0.3) is 0 Å². The number of aromatic nitrogens is 3. The van der Waals surface area contributed by atoms with Gasteiger partial charge in [-0.3, -0.25) is 9.48 Å². The number of nitrogens with zero attached hydrogens (tertiary/aromatic N) is 3. The average Bonchev–Trinajstić information content (AvgIpc) is 3.37. The van der Waals surface area contributed by atoms with Gasteiger partial charge in [-0.15, -0.1) is 11.3 Å². The maximum Gasteiger partial charge on any atom is 0.435 e. The molecule has 10 heteroatoms. The standard InChI is InChI=1S/C18H13F3N4O2S/c19-18(20,21)15-7-8-25(24-15)10-16(26)22-9-11-5-6-13(27-11)17-23-12-3-1-2-4-14(12)28-17/h1-8H,9-10H2,(H,22,26). The van der Waals surface area contributed by atoms with E-state index >= 15 is 0 Å². The summed E-state index contributed by atoms with van der Waals surface area (Å²) in [4.78, 5) is 16.4. The molecule has 28 heavy (non-hydrogen) atoms. The molecule has 0 saturated heterocycles. The number of amides is 1. The Labute approximate surface area is 160 Å². The van der Waals surface area contributed by atoms with Crippen LogP contribution in [0.2, 0.25) is 0 Å². The van der Waals surface area contributed by atoms with Gasteiger partial charge in [0.05, 0.1) is 16.8 Å². The van der Waals surface area contributed by atoms with E-state index in [9.17, 15) is 18.0 Å². The van der Waals surface area contributed by atoms with E-state index in [-0.39, 0.29) is 13.1 Å². The van der Waals surface area contributed by atoms with Crippen LogP contribution in [0.3, 0.4) is 0 Å². The number of rotatable bonds is 5. The maximum absolute atomic E-state index is 12.5. The quantitative estimate of drug-likeness (QED) is 0.542. The van der Waals surface area contributed by atoms with Gasteiger partial charge in [-0.1, -0.05) is 12.1 Å². The monoisotopic (exact) mass is 406 g/mol. The van der Waals surface area contributed by atoms with E-state index in [1.165, 1.54) is 11.3 Å². The third-order valence-electron chi connectivity index (χ3n) is 3.86. The lowest BCUT2D eigenvalue weighted by atomic mass is 10.3. The highest BCUT2D eigenvalue weighted by Crippen LogP contribution is 2.31. The molecule has 1 N–H and O–H groups in total. The predicted molar refractivity (Wildman–Crippen MR) is 96.4 cm³/mol. The van der Waals surface area contributed by atoms with Crippen LogP contribution in [-0.2, 0) is 24.1 Å². The minimum absolute atomic E-state index is 0.108. The molecule has 3 heterocycles. The first-order chi connectivity index (χ1) is 13.4. The molecule has 1 aromatic carbocycles. The minimum Gasteiger partial charge on any atom is -0.457 e. The van der Waals surface area contributed by atoms with Crippen molar-refractivity contribution >= 4 is 27.5 Å². The number of alkyl halides is 3. The van der Waals surface area contributed by atoms with Gasteiger partial charge in [0, 0.05) is 6.20 Å². The zero-order valence-corrected chi connectivity index (χ0v) is 15.0. The van der Waals surface area contributed by atoms with Crippen LogP contribution in [0.4, 0.5) is 13.2 Å². The van der Waals surface area contributed by atoms with Crippen molar-refractivity contribution in [3.05, 3.63) is 60.1 Å². The predicted octanol–water partition coefficient (Wildman–Crippen LogP) is 4.09. The Morgan fingerprint density at radius 2 is 2.00 bits per heavy atom. The highest BCUT2D eigenvalue weighted by molar-refractivity contribution is 7.21. The van der Waals surface area contributed by atoms with E-state index in [2.05, 4.69) is 15.4 Å². The molecular formula is C18H13F3N4O2S. The molecule has 0 radical (unpaired) electrons. The summed E-state index contributed by atoms with van der Waals surface area (Å²) in [6, 6.07) is 12.0. The number of halogens is 3. The SMILES string of the molecule is O=C(Cn1ccc(C(F)(F)F)n1)NCc1ccc(-c2nc3ccccc3s2)o1. The fourth-order valence-electron chi connectivity index (χ4n) is 2.56. The number of carbonyl (C=O) groups excluding carboxylic acids is 1. The molecule has 4 aromatic rings. The van der Waals surface area contributed by atoms with E-state index in [1.807, 2.05) is 24.3 Å². The van der Waals surface area contributed by atoms with Crippen LogP contribution in [0.15, 0.2) is 53.1 Å². The molecule has 0 fully saturated rings. The van der Waals surface area contributed by atoms with E-state index in [4.69, 9.17) is 4.42 Å². The molecule has 3 aromatic heterocycles. The topological polar surface area (TPSA) is 73.0 Å². The van der Waals surface area contributed by atoms with Gasteiger partial charge < -0.3 is 9.73 Å². The first kappa shape index (κ1) is 18.2. The van der Waals surface area contributed by atoms with E-state index in [1.54, 1.807) is 12.1 Å². The second-order valence-electron chi connectivity index (χ2n) is 5.93. The molecule has 144 valence electrons. The molecule has 1 amide bonds. The fraction of sp³-hybridized carbons (Fsp3) is 0.167. The molecule has 0 bridgehead atoms. The van der Waals surface area contributed by atoms with Gasteiger partial charge in [-0.2, -0.15) is 18.3 Å². The normalized spacial score (nSPS) is 11.8. The Morgan fingerprint density at radius 3 is 2.75 bits per heavy atom. The Balaban J connectivity index is 1.36. The van der Waals surface area contributed by atoms with Crippen LogP contribution >= 0.6 is 11.3 Å². The third-order valence-corrected chi connectivity index (χ3v) is 4.91. The minimum atomic E-state index is -4.53. The van der Waals surface area contributed by atoms with Crippen LogP contribution in [0, 0.1) is 0 Å². The number of benzene rings is 1. The number of nitrogens with one attached hydrogen (secondary N) is 1. The molecule has 6 nitrogen and oxygen atoms in total. The number of thiazole rings is 1. The van der Waals surface area contributed by atoms with Crippen molar-refractivity contribution in [1.29, 1.82) is 0 Å². The number of hydrogen-bond acceptors (Lipinski definition) is 5. The molecule has 0 aliphatic rings. The van der Waals surface area contributed by atoms with Gasteiger partial charge in [0.15, 0.2) is 16.5 Å². The van der Waals surface area contributed by atoms with Crippen LogP contribution in [0.1, 0.15) is 11.5 Å². The van der Waals surface area contributed by atoms with Crippen molar-refractivity contribution in [1.82, 2.24) is 20.1 Å². The van der Waals surface area contributed by atoms with Gasteiger partial charge in [-0.05, 0) is 30.3 Å². The fourth-order valence-corrected chi connectivity index (χ4v) is 3.48. The van der Waals surface area contributed by atoms with Gasteiger partial charge in [0.2, 0.25) is 5.91 Å². The van der Waals surface area contributed by atoms with Crippen molar-refractivity contribution in [3.63, 3.8) is 0 Å². The van der Waals surface area contributed by atoms with E-state index in [0.717, 1.165) is 32.2 Å². The van der Waals surface area contributed by atoms with Crippen molar-refractivity contribution < 1.29 is 22.4 Å². The highest BCUT2D eigenvalue weighted by Gasteiger charge is 2.33. The molecule has 0 unspecified atom stereocenters. The zero-order chi connectivity index (χ0) is 19.7. The van der Waals surface area contributed by atoms with Gasteiger partial charge >= 0.3 is 6.18 Å². The smallest absolute Gasteiger partial charge is 0.435 e. The molecule has 0 spiro atoms. The number of furan rings is 1. The van der Waals surface area contributed by atoms with Gasteiger partial charge in [-0.25, -0.2) is 4.98 Å². The lowest BCUT2D eigenvalue weighted by Crippen LogP contribution is -2.27. The molecule has 0 aliphatic heterocycles. The van der Waals surface area contributed by atoms with Crippen molar-refractivity contribution in [3.8, 4) is 10.8 Å². The van der Waals surface area contributed by atoms with Crippen molar-refractivity contribution in [2.75, 3.05) is 0 Å². The van der Waals surface area contributed by atoms with Crippen LogP contribution in [0.25, 0.3) is 21.0 Å². The third kappa shape index (κ3) is 3.91. The molecule has 0 aliphatic carbocycles. The number of hydrogen-bond donors (Lipinski definition) is 1. The summed E-state index contributed by atoms with van der Waals surface area (Å²) < 4.78 is 45.3. The molecule has 0 saturated carbocycles. The molecule has 4 rings (SSSR count). The number of fused-ring (bicyclic) bond motifs is 1. The lowest BCUT2D eigenvalue weighted by molar-refractivity contribution is -0.141. The van der Waals surface area contributed by atoms with E-state index < -0.39 is 17.8 Å². The van der Waals surface area contributed by atoms with Crippen LogP contribution in [-0.4, -0.2) is 20.7 Å². The van der Waals surface area contributed by atoms with Crippen molar-refractivity contribution in [2.45, 2.75) is 19.3 Å². The lowest BCUT2D eigenvalue weighted by Gasteiger charge is -2.04. The second-order valence-corrected chi connectivity index (χ2v) is 6.96. The van der Waals surface area contributed by atoms with Crippen LogP contribution in [0.5, 0.6) is 0 Å². The van der Waals surface area contributed by atoms with Crippen molar-refractivity contribution in [2.24, 2.45) is 0 Å². The summed E-state index contributed by atoms with van der Waals surface area (Å²) >= 11 is 1.50. The first-order valence-electron chi connectivity index (χ1n) is 8.20. The summed E-state index contributed by atoms with van der Waals surface area (Å²) in [5.74, 6) is 0.626. The number of carbonyl (C=O) groups is 1. The number of para-hydroxylation sites is 1. The summed E-state index contributed by atoms with van der Waals surface area (Å²) in [6.45, 7) is -0.210. The Morgan fingerprint density at radius 1 is 1.18 bits per heavy atom. The zero-order valence-electron chi connectivity index (χ0n) is 14.2. The highest BCUT2D eigenvalue weighted by atomic mass is 32.1. The van der Waals surface area contributed by atoms with E-state index in [0.29, 0.717) is 11.5 Å². The largest absolute Gasteiger partial charge is 0.457 e. The molecule has 0 atom stereocenters. The first-order valence-corrected chi connectivity index (χ1v) is 9.02. The van der Waals surface area contributed by atoms with Crippen LogP contribution < -0.4 is 5.32 Å². The maximum atomic E-state index is 12.5. The summed E-state index contributed by atoms with van der Waals surface area (Å²) in [7, 11) is 0. The Bertz CT molecular complexity index is 1100. The summed E-state index contributed by atoms with van der Waals surface area (Å²) in [6.07, 6.45) is -3.42. The second kappa shape index (κ2) is 7.12. The Hall–Kier alpha value is -3.14. The Kier molecular flexibility index (Phi) is 4.63. The van der Waals surface area contributed by atoms with Gasteiger partial charge in [0.1, 0.15) is 12.3 Å². The molecular weight excluding hydrogens is 393 g/mol. The average molecular weight is 406 g/mol. The summed E-state index contributed by atoms with van der Waals surface area (Å²) in [5, 5.41) is 6.67. The summed E-state index contributed by atoms with van der Waals surface area (Å²) in [5.41, 5.74) is -0.155.